The van der Waals surface area contributed by atoms with Crippen LogP contribution in [0.15, 0.2) is 24.3 Å². The second kappa shape index (κ2) is 4.66. The Hall–Kier alpha value is -1.88. The van der Waals surface area contributed by atoms with Crippen molar-refractivity contribution in [2.75, 3.05) is 23.3 Å². The molecule has 2 aliphatic rings. The minimum absolute atomic E-state index is 0.00713. The zero-order valence-electron chi connectivity index (χ0n) is 10.8. The topological polar surface area (TPSA) is 61.4 Å². The molecule has 5 nitrogen and oxygen atoms in total. The second-order valence-electron chi connectivity index (χ2n) is 5.19. The Morgan fingerprint density at radius 1 is 1.37 bits per heavy atom. The Labute approximate surface area is 112 Å². The summed E-state index contributed by atoms with van der Waals surface area (Å²) in [6, 6.07) is 7.23. The fourth-order valence-corrected chi connectivity index (χ4v) is 2.76. The van der Waals surface area contributed by atoms with E-state index in [1.165, 1.54) is 0 Å². The summed E-state index contributed by atoms with van der Waals surface area (Å²) in [4.78, 5) is 25.9. The highest BCUT2D eigenvalue weighted by Crippen LogP contribution is 2.30. The van der Waals surface area contributed by atoms with Crippen molar-refractivity contribution in [1.29, 1.82) is 0 Å². The largest absolute Gasteiger partial charge is 0.323 e. The van der Waals surface area contributed by atoms with Crippen molar-refractivity contribution in [2.45, 2.75) is 19.4 Å². The number of para-hydroxylation sites is 2. The molecule has 0 aliphatic carbocycles. The van der Waals surface area contributed by atoms with Crippen LogP contribution in [-0.2, 0) is 9.59 Å². The maximum Gasteiger partial charge on any atom is 0.244 e. The summed E-state index contributed by atoms with van der Waals surface area (Å²) in [5.74, 6) is 0.162. The Morgan fingerprint density at radius 3 is 2.89 bits per heavy atom. The van der Waals surface area contributed by atoms with E-state index in [4.69, 9.17) is 0 Å². The highest BCUT2D eigenvalue weighted by atomic mass is 16.2. The van der Waals surface area contributed by atoms with Crippen LogP contribution in [0.1, 0.15) is 13.3 Å². The maximum absolute atomic E-state index is 12.6. The van der Waals surface area contributed by atoms with Gasteiger partial charge in [0.1, 0.15) is 6.54 Å². The molecule has 100 valence electrons. The van der Waals surface area contributed by atoms with E-state index in [2.05, 4.69) is 17.6 Å². The molecule has 0 bridgehead atoms. The van der Waals surface area contributed by atoms with E-state index < -0.39 is 0 Å². The van der Waals surface area contributed by atoms with Crippen molar-refractivity contribution in [2.24, 2.45) is 5.92 Å². The molecule has 5 heteroatoms. The number of fused-ring (bicyclic) bond motifs is 1. The maximum atomic E-state index is 12.6. The van der Waals surface area contributed by atoms with Crippen molar-refractivity contribution in [3.8, 4) is 0 Å². The molecule has 0 aromatic heterocycles. The average molecular weight is 259 g/mol. The van der Waals surface area contributed by atoms with Crippen molar-refractivity contribution < 1.29 is 9.59 Å². The third-order valence-electron chi connectivity index (χ3n) is 3.84. The molecular weight excluding hydrogens is 242 g/mol. The van der Waals surface area contributed by atoms with Crippen molar-refractivity contribution >= 4 is 23.2 Å². The average Bonchev–Trinajstić information content (AvgIpc) is 2.83. The number of amides is 2. The Bertz CT molecular complexity index is 529. The van der Waals surface area contributed by atoms with Gasteiger partial charge in [0, 0.05) is 0 Å². The second-order valence-corrected chi connectivity index (χ2v) is 5.19. The predicted molar refractivity (Wildman–Crippen MR) is 73.0 cm³/mol. The number of carbonyl (C=O) groups is 2. The van der Waals surface area contributed by atoms with E-state index in [9.17, 15) is 9.59 Å². The molecule has 1 fully saturated rings. The minimum Gasteiger partial charge on any atom is -0.323 e. The van der Waals surface area contributed by atoms with Gasteiger partial charge in [-0.25, -0.2) is 0 Å². The van der Waals surface area contributed by atoms with Crippen molar-refractivity contribution in [3.05, 3.63) is 24.3 Å². The number of anilines is 2. The third kappa shape index (κ3) is 2.10. The number of benzene rings is 1. The van der Waals surface area contributed by atoms with Gasteiger partial charge in [0.2, 0.25) is 11.8 Å². The molecule has 0 radical (unpaired) electrons. The summed E-state index contributed by atoms with van der Waals surface area (Å²) < 4.78 is 0. The normalized spacial score (nSPS) is 25.9. The van der Waals surface area contributed by atoms with Gasteiger partial charge in [-0.1, -0.05) is 19.1 Å². The first-order chi connectivity index (χ1) is 9.16. The lowest BCUT2D eigenvalue weighted by atomic mass is 10.0. The smallest absolute Gasteiger partial charge is 0.244 e. The molecule has 0 saturated carbocycles. The van der Waals surface area contributed by atoms with E-state index in [0.717, 1.165) is 18.7 Å². The fourth-order valence-electron chi connectivity index (χ4n) is 2.76. The van der Waals surface area contributed by atoms with Crippen molar-refractivity contribution in [1.82, 2.24) is 5.32 Å². The Balaban J connectivity index is 1.92. The van der Waals surface area contributed by atoms with Gasteiger partial charge in [-0.3, -0.25) is 14.5 Å². The highest BCUT2D eigenvalue weighted by Gasteiger charge is 2.36. The number of rotatable bonds is 1. The first kappa shape index (κ1) is 12.2. The van der Waals surface area contributed by atoms with Gasteiger partial charge in [-0.2, -0.15) is 0 Å². The van der Waals surface area contributed by atoms with Gasteiger partial charge >= 0.3 is 0 Å². The number of hydrogen-bond acceptors (Lipinski definition) is 3. The summed E-state index contributed by atoms with van der Waals surface area (Å²) in [6.45, 7) is 3.03. The highest BCUT2D eigenvalue weighted by molar-refractivity contribution is 6.11. The monoisotopic (exact) mass is 259 g/mol. The lowest BCUT2D eigenvalue weighted by Gasteiger charge is -2.32. The first-order valence-corrected chi connectivity index (χ1v) is 6.60. The molecule has 2 unspecified atom stereocenters. The summed E-state index contributed by atoms with van der Waals surface area (Å²) in [5.41, 5.74) is 1.49. The van der Waals surface area contributed by atoms with E-state index in [1.54, 1.807) is 4.90 Å². The standard InChI is InChI=1S/C14H17N3O2/c1-9-6-7-15-13(9)14(19)17-8-12(18)16-10-4-2-3-5-11(10)17/h2-5,9,13,15H,6-8H2,1H3,(H,16,18). The molecule has 2 N–H and O–H groups in total. The number of nitrogens with one attached hydrogen (secondary N) is 2. The van der Waals surface area contributed by atoms with Crippen LogP contribution in [0.4, 0.5) is 11.4 Å². The van der Waals surface area contributed by atoms with Crippen LogP contribution in [0, 0.1) is 5.92 Å². The molecule has 19 heavy (non-hydrogen) atoms. The zero-order valence-corrected chi connectivity index (χ0v) is 10.8. The number of nitrogens with zero attached hydrogens (tertiary/aromatic N) is 1. The van der Waals surface area contributed by atoms with E-state index >= 15 is 0 Å². The molecule has 2 amide bonds. The molecule has 2 heterocycles. The molecule has 0 spiro atoms. The van der Waals surface area contributed by atoms with Crippen LogP contribution in [0.2, 0.25) is 0 Å². The first-order valence-electron chi connectivity index (χ1n) is 6.60. The lowest BCUT2D eigenvalue weighted by molar-refractivity contribution is -0.123. The van der Waals surface area contributed by atoms with Gasteiger partial charge in [0.05, 0.1) is 17.4 Å². The van der Waals surface area contributed by atoms with Gasteiger partial charge in [-0.05, 0) is 31.0 Å². The van der Waals surface area contributed by atoms with E-state index in [1.807, 2.05) is 24.3 Å². The van der Waals surface area contributed by atoms with E-state index in [0.29, 0.717) is 11.6 Å². The van der Waals surface area contributed by atoms with Gasteiger partial charge in [-0.15, -0.1) is 0 Å². The molecular formula is C14H17N3O2. The predicted octanol–water partition coefficient (Wildman–Crippen LogP) is 0.970. The van der Waals surface area contributed by atoms with Crippen LogP contribution < -0.4 is 15.5 Å². The van der Waals surface area contributed by atoms with Crippen LogP contribution >= 0.6 is 0 Å². The number of carbonyl (C=O) groups excluding carboxylic acids is 2. The fraction of sp³-hybridized carbons (Fsp3) is 0.429. The van der Waals surface area contributed by atoms with Gasteiger partial charge < -0.3 is 10.6 Å². The van der Waals surface area contributed by atoms with Crippen LogP contribution in [0.25, 0.3) is 0 Å². The molecule has 1 aromatic rings. The third-order valence-corrected chi connectivity index (χ3v) is 3.84. The SMILES string of the molecule is CC1CCNC1C(=O)N1CC(=O)Nc2ccccc21. The molecule has 2 atom stereocenters. The summed E-state index contributed by atoms with van der Waals surface area (Å²) in [6.07, 6.45) is 0.998. The zero-order chi connectivity index (χ0) is 13.4. The quantitative estimate of drug-likeness (QED) is 0.790. The molecule has 1 saturated heterocycles. The van der Waals surface area contributed by atoms with Crippen LogP contribution in [0.5, 0.6) is 0 Å². The van der Waals surface area contributed by atoms with Gasteiger partial charge in [0.15, 0.2) is 0 Å². The van der Waals surface area contributed by atoms with Gasteiger partial charge in [0.25, 0.3) is 0 Å². The summed E-state index contributed by atoms with van der Waals surface area (Å²) in [5, 5.41) is 6.02. The van der Waals surface area contributed by atoms with E-state index in [-0.39, 0.29) is 24.4 Å². The van der Waals surface area contributed by atoms with Crippen LogP contribution in [0.3, 0.4) is 0 Å². The Morgan fingerprint density at radius 2 is 2.16 bits per heavy atom. The molecule has 3 rings (SSSR count). The molecule has 2 aliphatic heterocycles. The number of hydrogen-bond donors (Lipinski definition) is 2. The Kier molecular flexibility index (Phi) is 2.98. The summed E-state index contributed by atoms with van der Waals surface area (Å²) in [7, 11) is 0. The summed E-state index contributed by atoms with van der Waals surface area (Å²) >= 11 is 0. The lowest BCUT2D eigenvalue weighted by Crippen LogP contribution is -2.50. The van der Waals surface area contributed by atoms with Crippen molar-refractivity contribution in [3.63, 3.8) is 0 Å². The minimum atomic E-state index is -0.182. The molecule has 1 aromatic carbocycles. The van der Waals surface area contributed by atoms with Crippen LogP contribution in [-0.4, -0.2) is 30.9 Å².